The van der Waals surface area contributed by atoms with Gasteiger partial charge in [0.1, 0.15) is 5.75 Å². The fraction of sp³-hybridized carbons (Fsp3) is 0.333. The van der Waals surface area contributed by atoms with E-state index in [-0.39, 0.29) is 5.91 Å². The van der Waals surface area contributed by atoms with Crippen LogP contribution in [0.15, 0.2) is 48.0 Å². The molecule has 146 valence electrons. The molecule has 1 aliphatic rings. The summed E-state index contributed by atoms with van der Waals surface area (Å²) < 4.78 is 7.33. The molecular weight excluding hydrogens is 372 g/mol. The van der Waals surface area contributed by atoms with E-state index < -0.39 is 0 Å². The van der Waals surface area contributed by atoms with Crippen molar-refractivity contribution in [2.45, 2.75) is 18.9 Å². The minimum absolute atomic E-state index is 0.0169. The zero-order valence-electron chi connectivity index (χ0n) is 16.1. The Labute approximate surface area is 168 Å². The number of ether oxygens (including phenoxy) is 1. The average Bonchev–Trinajstić information content (AvgIpc) is 3.43. The van der Waals surface area contributed by atoms with E-state index in [2.05, 4.69) is 45.1 Å². The van der Waals surface area contributed by atoms with Crippen LogP contribution in [0.25, 0.3) is 11.3 Å². The van der Waals surface area contributed by atoms with Crippen LogP contribution in [0, 0.1) is 0 Å². The van der Waals surface area contributed by atoms with Crippen molar-refractivity contribution in [2.75, 3.05) is 25.5 Å². The topological polar surface area (TPSA) is 59.4 Å². The smallest absolute Gasteiger partial charge is 0.240 e. The number of amides is 1. The van der Waals surface area contributed by atoms with Crippen molar-refractivity contribution in [3.8, 4) is 17.0 Å². The van der Waals surface area contributed by atoms with Crippen molar-refractivity contribution in [1.29, 1.82) is 0 Å². The lowest BCUT2D eigenvalue weighted by molar-refractivity contribution is -0.117. The number of methoxy groups -OCH3 is 1. The van der Waals surface area contributed by atoms with E-state index in [4.69, 9.17) is 4.74 Å². The third kappa shape index (κ3) is 3.95. The lowest BCUT2D eigenvalue weighted by Gasteiger charge is -2.24. The summed E-state index contributed by atoms with van der Waals surface area (Å²) in [6.07, 6.45) is 4.26. The number of thiazole rings is 1. The number of anilines is 1. The van der Waals surface area contributed by atoms with Gasteiger partial charge in [0.2, 0.25) is 5.91 Å². The molecule has 1 N–H and O–H groups in total. The van der Waals surface area contributed by atoms with Crippen molar-refractivity contribution < 1.29 is 9.53 Å². The minimum Gasteiger partial charge on any atom is -0.497 e. The largest absolute Gasteiger partial charge is 0.497 e. The van der Waals surface area contributed by atoms with Crippen LogP contribution in [0.2, 0.25) is 0 Å². The first-order valence-electron chi connectivity index (χ1n) is 9.39. The third-order valence-electron chi connectivity index (χ3n) is 5.17. The van der Waals surface area contributed by atoms with Gasteiger partial charge in [-0.3, -0.25) is 9.69 Å². The molecule has 7 heteroatoms. The maximum Gasteiger partial charge on any atom is 0.240 e. The maximum atomic E-state index is 12.6. The highest BCUT2D eigenvalue weighted by Crippen LogP contribution is 2.32. The van der Waals surface area contributed by atoms with Crippen LogP contribution in [0.1, 0.15) is 24.6 Å². The Morgan fingerprint density at radius 1 is 1.32 bits per heavy atom. The second kappa shape index (κ2) is 8.16. The molecule has 0 aliphatic carbocycles. The minimum atomic E-state index is -0.0169. The molecule has 6 nitrogen and oxygen atoms in total. The van der Waals surface area contributed by atoms with E-state index in [1.807, 2.05) is 29.6 Å². The number of aromatic nitrogens is 2. The zero-order valence-corrected chi connectivity index (χ0v) is 16.9. The zero-order chi connectivity index (χ0) is 19.5. The van der Waals surface area contributed by atoms with E-state index in [1.54, 1.807) is 7.11 Å². The van der Waals surface area contributed by atoms with Gasteiger partial charge in [0.25, 0.3) is 0 Å². The summed E-state index contributed by atoms with van der Waals surface area (Å²) in [6, 6.07) is 12.2. The second-order valence-electron chi connectivity index (χ2n) is 6.99. The van der Waals surface area contributed by atoms with Gasteiger partial charge in [-0.05, 0) is 55.8 Å². The van der Waals surface area contributed by atoms with Crippen molar-refractivity contribution in [2.24, 2.45) is 7.05 Å². The van der Waals surface area contributed by atoms with Crippen LogP contribution in [-0.2, 0) is 11.8 Å². The summed E-state index contributed by atoms with van der Waals surface area (Å²) in [7, 11) is 3.70. The maximum absolute atomic E-state index is 12.6. The van der Waals surface area contributed by atoms with Crippen LogP contribution in [0.3, 0.4) is 0 Å². The Hall–Kier alpha value is -2.64. The van der Waals surface area contributed by atoms with Gasteiger partial charge in [0.05, 0.1) is 25.4 Å². The van der Waals surface area contributed by atoms with E-state index in [9.17, 15) is 4.79 Å². The number of likely N-dealkylation sites (tertiary alicyclic amines) is 1. The van der Waals surface area contributed by atoms with Gasteiger partial charge in [-0.15, -0.1) is 11.3 Å². The molecule has 3 aromatic rings. The Bertz CT molecular complexity index is 947. The molecule has 0 bridgehead atoms. The number of nitrogens with zero attached hydrogens (tertiary/aromatic N) is 3. The predicted molar refractivity (Wildman–Crippen MR) is 112 cm³/mol. The predicted octanol–water partition coefficient (Wildman–Crippen LogP) is 3.93. The molecule has 1 unspecified atom stereocenters. The summed E-state index contributed by atoms with van der Waals surface area (Å²) in [4.78, 5) is 19.4. The molecule has 1 atom stereocenters. The Morgan fingerprint density at radius 2 is 2.14 bits per heavy atom. The third-order valence-corrected chi connectivity index (χ3v) is 5.93. The first kappa shape index (κ1) is 18.7. The molecule has 2 aromatic heterocycles. The Kier molecular flexibility index (Phi) is 5.45. The average molecular weight is 397 g/mol. The quantitative estimate of drug-likeness (QED) is 0.686. The molecule has 0 saturated carbocycles. The molecule has 0 spiro atoms. The summed E-state index contributed by atoms with van der Waals surface area (Å²) in [6.45, 7) is 1.32. The van der Waals surface area contributed by atoms with Gasteiger partial charge < -0.3 is 14.6 Å². The number of carbonyl (C=O) groups is 1. The molecule has 3 heterocycles. The first-order valence-corrected chi connectivity index (χ1v) is 10.3. The highest BCUT2D eigenvalue weighted by Gasteiger charge is 2.29. The number of rotatable bonds is 6. The van der Waals surface area contributed by atoms with Crippen molar-refractivity contribution in [3.05, 3.63) is 53.7 Å². The van der Waals surface area contributed by atoms with Crippen molar-refractivity contribution in [3.63, 3.8) is 0 Å². The fourth-order valence-corrected chi connectivity index (χ4v) is 4.48. The number of nitrogens with one attached hydrogen (secondary N) is 1. The molecule has 1 amide bonds. The van der Waals surface area contributed by atoms with Gasteiger partial charge in [0.15, 0.2) is 5.13 Å². The van der Waals surface area contributed by atoms with Gasteiger partial charge in [0, 0.05) is 29.9 Å². The van der Waals surface area contributed by atoms with Crippen LogP contribution >= 0.6 is 11.3 Å². The van der Waals surface area contributed by atoms with Crippen LogP contribution in [0.5, 0.6) is 5.75 Å². The van der Waals surface area contributed by atoms with Crippen molar-refractivity contribution >= 4 is 22.4 Å². The molecule has 1 aliphatic heterocycles. The molecule has 1 fully saturated rings. The molecule has 28 heavy (non-hydrogen) atoms. The van der Waals surface area contributed by atoms with E-state index >= 15 is 0 Å². The SMILES string of the molecule is COc1ccc(-c2csc(NC(=O)CN3CCCC3c3cccn3C)n2)cc1. The second-order valence-corrected chi connectivity index (χ2v) is 7.85. The van der Waals surface area contributed by atoms with Crippen molar-refractivity contribution in [1.82, 2.24) is 14.5 Å². The summed E-state index contributed by atoms with van der Waals surface area (Å²) in [5.41, 5.74) is 3.12. The summed E-state index contributed by atoms with van der Waals surface area (Å²) in [5, 5.41) is 5.55. The van der Waals surface area contributed by atoms with Crippen LogP contribution in [-0.4, -0.2) is 40.6 Å². The molecule has 0 radical (unpaired) electrons. The van der Waals surface area contributed by atoms with E-state index in [1.165, 1.54) is 17.0 Å². The lowest BCUT2D eigenvalue weighted by atomic mass is 10.1. The number of hydrogen-bond acceptors (Lipinski definition) is 5. The summed E-state index contributed by atoms with van der Waals surface area (Å²) >= 11 is 1.44. The number of benzene rings is 1. The monoisotopic (exact) mass is 396 g/mol. The summed E-state index contributed by atoms with van der Waals surface area (Å²) in [5.74, 6) is 0.794. The lowest BCUT2D eigenvalue weighted by Crippen LogP contribution is -2.33. The highest BCUT2D eigenvalue weighted by atomic mass is 32.1. The molecule has 4 rings (SSSR count). The van der Waals surface area contributed by atoms with Gasteiger partial charge in [-0.1, -0.05) is 0 Å². The highest BCUT2D eigenvalue weighted by molar-refractivity contribution is 7.14. The fourth-order valence-electron chi connectivity index (χ4n) is 3.74. The van der Waals surface area contributed by atoms with E-state index in [0.717, 1.165) is 36.4 Å². The molecule has 1 aromatic carbocycles. The Balaban J connectivity index is 1.39. The normalized spacial score (nSPS) is 17.0. The van der Waals surface area contributed by atoms with Gasteiger partial charge >= 0.3 is 0 Å². The van der Waals surface area contributed by atoms with Gasteiger partial charge in [-0.25, -0.2) is 4.98 Å². The van der Waals surface area contributed by atoms with Gasteiger partial charge in [-0.2, -0.15) is 0 Å². The molecular formula is C21H24N4O2S. The Morgan fingerprint density at radius 3 is 2.86 bits per heavy atom. The van der Waals surface area contributed by atoms with Crippen LogP contribution in [0.4, 0.5) is 5.13 Å². The first-order chi connectivity index (χ1) is 13.6. The number of hydrogen-bond donors (Lipinski definition) is 1. The number of aryl methyl sites for hydroxylation is 1. The standard InChI is InChI=1S/C21H24N4O2S/c1-24-11-3-5-18(24)19-6-4-12-25(19)13-20(26)23-21-22-17(14-28-21)15-7-9-16(27-2)10-8-15/h3,5,7-11,14,19H,4,6,12-13H2,1-2H3,(H,22,23,26). The van der Waals surface area contributed by atoms with E-state index in [0.29, 0.717) is 17.7 Å². The number of carbonyl (C=O) groups excluding carboxylic acids is 1. The van der Waals surface area contributed by atoms with Crippen LogP contribution < -0.4 is 10.1 Å². The molecule has 1 saturated heterocycles.